The zero-order valence-corrected chi connectivity index (χ0v) is 20.4. The van der Waals surface area contributed by atoms with E-state index in [4.69, 9.17) is 24.5 Å². The molecule has 0 spiro atoms. The van der Waals surface area contributed by atoms with Crippen molar-refractivity contribution in [1.82, 2.24) is 0 Å². The van der Waals surface area contributed by atoms with Gasteiger partial charge in [0.1, 0.15) is 5.75 Å². The summed E-state index contributed by atoms with van der Waals surface area (Å²) >= 11 is 0. The van der Waals surface area contributed by atoms with Gasteiger partial charge in [0.25, 0.3) is 0 Å². The first-order chi connectivity index (χ1) is 11.9. The van der Waals surface area contributed by atoms with E-state index >= 15 is 0 Å². The minimum atomic E-state index is -2.60. The molecule has 7 nitrogen and oxygen atoms in total. The van der Waals surface area contributed by atoms with Crippen LogP contribution in [0.3, 0.4) is 0 Å². The van der Waals surface area contributed by atoms with E-state index in [-0.39, 0.29) is 51.5 Å². The van der Waals surface area contributed by atoms with Crippen molar-refractivity contribution in [1.29, 1.82) is 0 Å². The van der Waals surface area contributed by atoms with Crippen LogP contribution in [0.5, 0.6) is 5.75 Å². The topological polar surface area (TPSA) is 127 Å². The second-order valence-corrected chi connectivity index (χ2v) is 7.83. The molecule has 0 aliphatic carbocycles. The summed E-state index contributed by atoms with van der Waals surface area (Å²) in [6.07, 6.45) is 0.199. The van der Waals surface area contributed by atoms with E-state index in [0.717, 1.165) is 5.56 Å². The van der Waals surface area contributed by atoms with Crippen LogP contribution in [0.2, 0.25) is 0 Å². The van der Waals surface area contributed by atoms with Gasteiger partial charge >= 0.3 is 14.6 Å². The van der Waals surface area contributed by atoms with E-state index in [0.29, 0.717) is 30.1 Å². The third kappa shape index (κ3) is 11.5. The van der Waals surface area contributed by atoms with E-state index in [1.807, 2.05) is 27.7 Å². The van der Waals surface area contributed by atoms with Crippen LogP contribution in [-0.2, 0) is 49.3 Å². The Labute approximate surface area is 187 Å². The molecule has 0 aliphatic heterocycles. The van der Waals surface area contributed by atoms with Gasteiger partial charge in [0.05, 0.1) is 6.42 Å². The summed E-state index contributed by atoms with van der Waals surface area (Å²) in [7, 11) is -2.60. The molecule has 0 atom stereocenters. The number of aliphatic carboxylic acids is 1. The summed E-state index contributed by atoms with van der Waals surface area (Å²) in [4.78, 5) is 29.3. The molecule has 9 heteroatoms. The van der Waals surface area contributed by atoms with Crippen molar-refractivity contribution in [2.24, 2.45) is 5.92 Å². The van der Waals surface area contributed by atoms with Crippen molar-refractivity contribution < 1.29 is 67.1 Å². The van der Waals surface area contributed by atoms with Crippen LogP contribution in [-0.4, -0.2) is 44.3 Å². The van der Waals surface area contributed by atoms with Crippen molar-refractivity contribution >= 4 is 14.6 Å². The maximum Gasteiger partial charge on any atom is 0.391 e. The largest absolute Gasteiger partial charge is 0.481 e. The van der Waals surface area contributed by atoms with Crippen LogP contribution in [0.25, 0.3) is 0 Å². The molecule has 27 heavy (non-hydrogen) atoms. The summed E-state index contributed by atoms with van der Waals surface area (Å²) in [6, 6.07) is 3.38. The van der Waals surface area contributed by atoms with E-state index in [9.17, 15) is 9.90 Å². The molecule has 0 fully saturated rings. The van der Waals surface area contributed by atoms with Gasteiger partial charge in [-0.1, -0.05) is 33.8 Å². The molecule has 0 heterocycles. The summed E-state index contributed by atoms with van der Waals surface area (Å²) in [5.41, 5.74) is 1.34. The van der Waals surface area contributed by atoms with Gasteiger partial charge in [-0.15, -0.1) is 0 Å². The van der Waals surface area contributed by atoms with Crippen molar-refractivity contribution in [3.63, 3.8) is 0 Å². The van der Waals surface area contributed by atoms with Crippen molar-refractivity contribution in [2.75, 3.05) is 13.2 Å². The molecule has 1 aromatic carbocycles. The minimum absolute atomic E-state index is 0. The number of carbonyl (C=O) groups is 1. The number of aliphatic hydroxyl groups is 2. The first kappa shape index (κ1) is 29.1. The molecule has 0 aromatic heterocycles. The van der Waals surface area contributed by atoms with Crippen LogP contribution in [0.1, 0.15) is 50.8 Å². The molecule has 0 bridgehead atoms. The first-order valence-corrected chi connectivity index (χ1v) is 9.54. The molecule has 5 N–H and O–H groups in total. The smallest absolute Gasteiger partial charge is 0.391 e. The normalized spacial score (nSPS) is 10.9. The summed E-state index contributed by atoms with van der Waals surface area (Å²) in [6.45, 7) is 9.66. The van der Waals surface area contributed by atoms with E-state index in [2.05, 4.69) is 0 Å². The molecule has 0 saturated heterocycles. The fourth-order valence-electron chi connectivity index (χ4n) is 2.46. The summed E-state index contributed by atoms with van der Waals surface area (Å²) < 4.78 is 5.08. The van der Waals surface area contributed by atoms with Crippen LogP contribution in [0.15, 0.2) is 12.1 Å². The van der Waals surface area contributed by atoms with Gasteiger partial charge in [-0.05, 0) is 41.9 Å². The number of aryl methyl sites for hydroxylation is 1. The first-order valence-electron chi connectivity index (χ1n) is 8.38. The average molecular weight is 479 g/mol. The van der Waals surface area contributed by atoms with Gasteiger partial charge in [-0.2, -0.15) is 0 Å². The number of rotatable bonds is 8. The number of carboxylic acid groups (broad SMARTS) is 1. The van der Waals surface area contributed by atoms with Gasteiger partial charge in [0.15, 0.2) is 0 Å². The van der Waals surface area contributed by atoms with E-state index < -0.39 is 20.0 Å². The second-order valence-electron chi connectivity index (χ2n) is 7.15. The van der Waals surface area contributed by atoms with Gasteiger partial charge in [-0.25, -0.2) is 0 Å². The molecule has 1 radical (unpaired) electrons. The molecular weight excluding hydrogens is 448 g/mol. The maximum atomic E-state index is 11.1. The predicted molar refractivity (Wildman–Crippen MR) is 101 cm³/mol. The molecule has 0 unspecified atom stereocenters. The van der Waals surface area contributed by atoms with Gasteiger partial charge < -0.3 is 29.6 Å². The minimum Gasteiger partial charge on any atom is -0.481 e. The third-order valence-corrected chi connectivity index (χ3v) is 3.99. The molecule has 0 saturated carbocycles. The number of aliphatic hydroxyl groups excluding tert-OH is 2. The Balaban J connectivity index is 0. The molecule has 153 valence electrons. The monoisotopic (exact) mass is 479 g/mol. The van der Waals surface area contributed by atoms with Gasteiger partial charge in [0, 0.05) is 51.5 Å². The molecule has 1 aromatic rings. The standard InChI is InChI=1S/C14H21O6P.C4H10O.Y/c1-9-6-10(8-12(16)17)13(14(2,3)4-5-15)11(7-9)20-21(18)19;1-4(2)3-5;/h6-7,15,18-19H,4-5,8H2,1-3H3,(H,16,17);4-5H,3H2,1-2H3;. The second kappa shape index (κ2) is 13.9. The van der Waals surface area contributed by atoms with E-state index in [1.165, 1.54) is 0 Å². The fraction of sp³-hybridized carbons (Fsp3) is 0.611. The summed E-state index contributed by atoms with van der Waals surface area (Å²) in [5.74, 6) is -0.293. The average Bonchev–Trinajstić information content (AvgIpc) is 2.45. The van der Waals surface area contributed by atoms with Crippen LogP contribution in [0.4, 0.5) is 0 Å². The number of carboxylic acids is 1. The molecule has 0 aliphatic rings. The number of benzene rings is 1. The van der Waals surface area contributed by atoms with E-state index in [1.54, 1.807) is 19.1 Å². The summed E-state index contributed by atoms with van der Waals surface area (Å²) in [5, 5.41) is 26.4. The predicted octanol–water partition coefficient (Wildman–Crippen LogP) is 2.50. The quantitative estimate of drug-likeness (QED) is 0.363. The van der Waals surface area contributed by atoms with Crippen molar-refractivity contribution in [3.05, 3.63) is 28.8 Å². The maximum absolute atomic E-state index is 11.1. The third-order valence-electron chi connectivity index (χ3n) is 3.63. The van der Waals surface area contributed by atoms with Crippen LogP contribution < -0.4 is 4.52 Å². The number of hydrogen-bond donors (Lipinski definition) is 5. The Morgan fingerprint density at radius 3 is 2.11 bits per heavy atom. The number of hydrogen-bond acceptors (Lipinski definition) is 6. The van der Waals surface area contributed by atoms with Crippen molar-refractivity contribution in [3.8, 4) is 5.75 Å². The van der Waals surface area contributed by atoms with Crippen LogP contribution >= 0.6 is 8.60 Å². The van der Waals surface area contributed by atoms with Gasteiger partial charge in [-0.3, -0.25) is 4.79 Å². The Morgan fingerprint density at radius 2 is 1.74 bits per heavy atom. The zero-order valence-electron chi connectivity index (χ0n) is 16.6. The van der Waals surface area contributed by atoms with Crippen molar-refractivity contribution in [2.45, 2.75) is 52.9 Å². The molecular formula is C18H31O7PY. The van der Waals surface area contributed by atoms with Gasteiger partial charge in [0.2, 0.25) is 0 Å². The van der Waals surface area contributed by atoms with Crippen LogP contribution in [0, 0.1) is 12.8 Å². The Hall–Kier alpha value is -0.136. The molecule has 1 rings (SSSR count). The SMILES string of the molecule is CC(C)CO.Cc1cc(CC(=O)O)c(C(C)(C)CCO)c(OP(O)O)c1.[Y]. The Morgan fingerprint density at radius 1 is 1.22 bits per heavy atom. The zero-order chi connectivity index (χ0) is 20.5. The Bertz CT molecular complexity index is 577. The Kier molecular flexibility index (Phi) is 15.0. The fourth-order valence-corrected chi connectivity index (χ4v) is 2.78. The molecule has 0 amide bonds.